The molecule has 2 aromatic rings. The monoisotopic (exact) mass is 362 g/mol. The van der Waals surface area contributed by atoms with E-state index in [0.29, 0.717) is 23.8 Å². The maximum Gasteiger partial charge on any atom is 0.274 e. The van der Waals surface area contributed by atoms with Gasteiger partial charge in [0.25, 0.3) is 5.91 Å². The largest absolute Gasteiger partial charge is 0.496 e. The first kappa shape index (κ1) is 17.8. The first-order chi connectivity index (χ1) is 12.0. The van der Waals surface area contributed by atoms with E-state index >= 15 is 0 Å². The SMILES string of the molecule is COc1ccc(Cl)cc1CN1CCN(C(=O)c2n[nH]c(C)c2C)CC1. The number of hydrogen-bond acceptors (Lipinski definition) is 4. The van der Waals surface area contributed by atoms with Gasteiger partial charge >= 0.3 is 0 Å². The maximum atomic E-state index is 12.6. The molecule has 0 bridgehead atoms. The highest BCUT2D eigenvalue weighted by Gasteiger charge is 2.25. The number of piperazine rings is 1. The Kier molecular flexibility index (Phi) is 5.30. The van der Waals surface area contributed by atoms with Crippen LogP contribution in [0.3, 0.4) is 0 Å². The fourth-order valence-corrected chi connectivity index (χ4v) is 3.26. The van der Waals surface area contributed by atoms with Gasteiger partial charge in [-0.3, -0.25) is 14.8 Å². The van der Waals surface area contributed by atoms with Crippen molar-refractivity contribution in [1.29, 1.82) is 0 Å². The smallest absolute Gasteiger partial charge is 0.274 e. The number of nitrogens with zero attached hydrogens (tertiary/aromatic N) is 3. The second kappa shape index (κ2) is 7.45. The number of carbonyl (C=O) groups excluding carboxylic acids is 1. The van der Waals surface area contributed by atoms with Gasteiger partial charge in [0.2, 0.25) is 0 Å². The van der Waals surface area contributed by atoms with Gasteiger partial charge in [-0.2, -0.15) is 5.10 Å². The van der Waals surface area contributed by atoms with Crippen molar-refractivity contribution in [2.75, 3.05) is 33.3 Å². The second-order valence-corrected chi connectivity index (χ2v) is 6.78. The van der Waals surface area contributed by atoms with E-state index in [2.05, 4.69) is 15.1 Å². The lowest BCUT2D eigenvalue weighted by Gasteiger charge is -2.34. The van der Waals surface area contributed by atoms with E-state index in [0.717, 1.165) is 42.2 Å². The van der Waals surface area contributed by atoms with Crippen molar-refractivity contribution in [2.24, 2.45) is 0 Å². The third-order valence-corrected chi connectivity index (χ3v) is 4.99. The quantitative estimate of drug-likeness (QED) is 0.908. The second-order valence-electron chi connectivity index (χ2n) is 6.35. The number of halogens is 1. The highest BCUT2D eigenvalue weighted by molar-refractivity contribution is 6.30. The molecule has 0 atom stereocenters. The van der Waals surface area contributed by atoms with Crippen LogP contribution in [0.25, 0.3) is 0 Å². The van der Waals surface area contributed by atoms with Crippen LogP contribution in [0.2, 0.25) is 5.02 Å². The van der Waals surface area contributed by atoms with Crippen molar-refractivity contribution in [1.82, 2.24) is 20.0 Å². The van der Waals surface area contributed by atoms with Gasteiger partial charge in [0.05, 0.1) is 7.11 Å². The maximum absolute atomic E-state index is 12.6. The molecule has 1 aromatic heterocycles. The number of rotatable bonds is 4. The van der Waals surface area contributed by atoms with Gasteiger partial charge in [-0.15, -0.1) is 0 Å². The van der Waals surface area contributed by atoms with Crippen LogP contribution in [-0.4, -0.2) is 59.2 Å². The number of aromatic nitrogens is 2. The zero-order valence-electron chi connectivity index (χ0n) is 14.8. The molecule has 1 aromatic carbocycles. The lowest BCUT2D eigenvalue weighted by molar-refractivity contribution is 0.0621. The molecule has 134 valence electrons. The van der Waals surface area contributed by atoms with Crippen LogP contribution in [0.5, 0.6) is 5.75 Å². The summed E-state index contributed by atoms with van der Waals surface area (Å²) in [5.41, 5.74) is 3.46. The topological polar surface area (TPSA) is 61.5 Å². The molecule has 1 saturated heterocycles. The van der Waals surface area contributed by atoms with Crippen LogP contribution in [0, 0.1) is 13.8 Å². The Hall–Kier alpha value is -2.05. The van der Waals surface area contributed by atoms with Crippen LogP contribution in [0.4, 0.5) is 0 Å². The van der Waals surface area contributed by atoms with Gasteiger partial charge in [-0.05, 0) is 32.0 Å². The number of aromatic amines is 1. The van der Waals surface area contributed by atoms with E-state index in [1.807, 2.05) is 36.9 Å². The normalized spacial score (nSPS) is 15.4. The van der Waals surface area contributed by atoms with Gasteiger partial charge < -0.3 is 9.64 Å². The van der Waals surface area contributed by atoms with Crippen molar-refractivity contribution in [3.05, 3.63) is 45.7 Å². The number of hydrogen-bond donors (Lipinski definition) is 1. The van der Waals surface area contributed by atoms with Gasteiger partial charge in [0.1, 0.15) is 5.75 Å². The van der Waals surface area contributed by atoms with Gasteiger partial charge in [0, 0.05) is 54.6 Å². The van der Waals surface area contributed by atoms with Crippen LogP contribution < -0.4 is 4.74 Å². The van der Waals surface area contributed by atoms with Crippen LogP contribution >= 0.6 is 11.6 Å². The fraction of sp³-hybridized carbons (Fsp3) is 0.444. The van der Waals surface area contributed by atoms with Gasteiger partial charge in [-0.1, -0.05) is 11.6 Å². The Labute approximate surface area is 152 Å². The van der Waals surface area contributed by atoms with Crippen molar-refractivity contribution in [3.8, 4) is 5.75 Å². The van der Waals surface area contributed by atoms with E-state index in [1.54, 1.807) is 7.11 Å². The third-order valence-electron chi connectivity index (χ3n) is 4.75. The van der Waals surface area contributed by atoms with E-state index < -0.39 is 0 Å². The number of methoxy groups -OCH3 is 1. The van der Waals surface area contributed by atoms with Crippen LogP contribution in [-0.2, 0) is 6.54 Å². The average molecular weight is 363 g/mol. The molecule has 0 spiro atoms. The molecule has 1 fully saturated rings. The fourth-order valence-electron chi connectivity index (χ4n) is 3.06. The molecule has 2 heterocycles. The summed E-state index contributed by atoms with van der Waals surface area (Å²) in [6, 6.07) is 5.66. The van der Waals surface area contributed by atoms with E-state index in [-0.39, 0.29) is 5.91 Å². The lowest BCUT2D eigenvalue weighted by Crippen LogP contribution is -2.48. The predicted octanol–water partition coefficient (Wildman–Crippen LogP) is 2.65. The molecule has 1 aliphatic rings. The number of aryl methyl sites for hydroxylation is 1. The minimum atomic E-state index is 0.00170. The molecular formula is C18H23ClN4O2. The van der Waals surface area contributed by atoms with E-state index in [1.165, 1.54) is 0 Å². The van der Waals surface area contributed by atoms with Crippen LogP contribution in [0.15, 0.2) is 18.2 Å². The summed E-state index contributed by atoms with van der Waals surface area (Å²) in [5, 5.41) is 7.73. The highest BCUT2D eigenvalue weighted by atomic mass is 35.5. The summed E-state index contributed by atoms with van der Waals surface area (Å²) >= 11 is 6.10. The number of ether oxygens (including phenoxy) is 1. The summed E-state index contributed by atoms with van der Waals surface area (Å²) in [4.78, 5) is 16.8. The van der Waals surface area contributed by atoms with Crippen molar-refractivity contribution in [2.45, 2.75) is 20.4 Å². The first-order valence-corrected chi connectivity index (χ1v) is 8.73. The van der Waals surface area contributed by atoms with Crippen LogP contribution in [0.1, 0.15) is 27.3 Å². The molecule has 0 radical (unpaired) electrons. The number of nitrogens with one attached hydrogen (secondary N) is 1. The zero-order valence-corrected chi connectivity index (χ0v) is 15.6. The number of carbonyl (C=O) groups is 1. The molecule has 25 heavy (non-hydrogen) atoms. The van der Waals surface area contributed by atoms with Gasteiger partial charge in [0.15, 0.2) is 5.69 Å². The molecule has 7 heteroatoms. The minimum Gasteiger partial charge on any atom is -0.496 e. The Morgan fingerprint density at radius 3 is 2.60 bits per heavy atom. The summed E-state index contributed by atoms with van der Waals surface area (Å²) in [6.45, 7) is 7.60. The minimum absolute atomic E-state index is 0.00170. The summed E-state index contributed by atoms with van der Waals surface area (Å²) in [6.07, 6.45) is 0. The van der Waals surface area contributed by atoms with E-state index in [4.69, 9.17) is 16.3 Å². The highest BCUT2D eigenvalue weighted by Crippen LogP contribution is 2.24. The molecule has 0 aliphatic carbocycles. The van der Waals surface area contributed by atoms with Crippen molar-refractivity contribution >= 4 is 17.5 Å². The summed E-state index contributed by atoms with van der Waals surface area (Å²) < 4.78 is 5.41. The van der Waals surface area contributed by atoms with Crippen molar-refractivity contribution < 1.29 is 9.53 Å². The molecule has 0 saturated carbocycles. The van der Waals surface area contributed by atoms with Crippen molar-refractivity contribution in [3.63, 3.8) is 0 Å². The zero-order chi connectivity index (χ0) is 18.0. The predicted molar refractivity (Wildman–Crippen MR) is 97.2 cm³/mol. The summed E-state index contributed by atoms with van der Waals surface area (Å²) in [7, 11) is 1.66. The first-order valence-electron chi connectivity index (χ1n) is 8.35. The molecule has 1 aliphatic heterocycles. The average Bonchev–Trinajstić information content (AvgIpc) is 2.94. The number of amides is 1. The van der Waals surface area contributed by atoms with E-state index in [9.17, 15) is 4.79 Å². The Morgan fingerprint density at radius 1 is 1.28 bits per heavy atom. The number of H-pyrrole nitrogens is 1. The molecular weight excluding hydrogens is 340 g/mol. The summed E-state index contributed by atoms with van der Waals surface area (Å²) in [5.74, 6) is 0.840. The Bertz CT molecular complexity index is 766. The molecule has 0 unspecified atom stereocenters. The standard InChI is InChI=1S/C18H23ClN4O2/c1-12-13(2)20-21-17(12)18(24)23-8-6-22(7-9-23)11-14-10-15(19)4-5-16(14)25-3/h4-5,10H,6-9,11H2,1-3H3,(H,20,21). The van der Waals surface area contributed by atoms with Gasteiger partial charge in [-0.25, -0.2) is 0 Å². The number of benzene rings is 1. The molecule has 1 N–H and O–H groups in total. The third kappa shape index (κ3) is 3.80. The Morgan fingerprint density at radius 2 is 2.00 bits per heavy atom. The lowest BCUT2D eigenvalue weighted by atomic mass is 10.1. The molecule has 6 nitrogen and oxygen atoms in total. The Balaban J connectivity index is 1.61. The molecule has 3 rings (SSSR count). The molecule has 1 amide bonds.